The van der Waals surface area contributed by atoms with E-state index < -0.39 is 12.1 Å². The molecule has 0 saturated carbocycles. The summed E-state index contributed by atoms with van der Waals surface area (Å²) in [4.78, 5) is 17.4. The summed E-state index contributed by atoms with van der Waals surface area (Å²) in [6.45, 7) is 7.70. The van der Waals surface area contributed by atoms with Crippen LogP contribution >= 0.6 is 11.8 Å². The second kappa shape index (κ2) is 8.93. The molecule has 5 aliphatic rings. The van der Waals surface area contributed by atoms with Gasteiger partial charge in [-0.3, -0.25) is 14.6 Å². The van der Waals surface area contributed by atoms with Crippen molar-refractivity contribution in [1.29, 1.82) is 5.26 Å². The van der Waals surface area contributed by atoms with E-state index in [1.807, 2.05) is 34.7 Å². The van der Waals surface area contributed by atoms with E-state index in [4.69, 9.17) is 14.2 Å². The topological polar surface area (TPSA) is 115 Å². The van der Waals surface area contributed by atoms with Crippen LogP contribution in [0.5, 0.6) is 23.0 Å². The maximum absolute atomic E-state index is 12.9. The van der Waals surface area contributed by atoms with Gasteiger partial charge in [-0.1, -0.05) is 13.0 Å². The molecule has 2 unspecified atom stereocenters. The van der Waals surface area contributed by atoms with Crippen molar-refractivity contribution in [3.63, 3.8) is 0 Å². The van der Waals surface area contributed by atoms with Crippen LogP contribution in [0.1, 0.15) is 63.2 Å². The largest absolute Gasteiger partial charge is 0.507 e. The van der Waals surface area contributed by atoms with Crippen LogP contribution < -0.4 is 9.47 Å². The van der Waals surface area contributed by atoms with E-state index in [1.54, 1.807) is 11.8 Å². The van der Waals surface area contributed by atoms with Crippen molar-refractivity contribution in [2.24, 2.45) is 5.92 Å². The van der Waals surface area contributed by atoms with Crippen molar-refractivity contribution >= 4 is 17.7 Å². The van der Waals surface area contributed by atoms with Crippen molar-refractivity contribution < 1.29 is 29.2 Å². The number of phenolic OH excluding ortho intramolecular Hbond substituents is 2. The predicted molar refractivity (Wildman–Crippen MR) is 148 cm³/mol. The Kier molecular flexibility index (Phi) is 5.77. The molecular formula is C30H33N3O6S. The Morgan fingerprint density at radius 3 is 2.52 bits per heavy atom. The number of hydrogen-bond donors (Lipinski definition) is 2. The highest BCUT2D eigenvalue weighted by atomic mass is 32.2. The molecule has 5 aliphatic heterocycles. The number of esters is 1. The summed E-state index contributed by atoms with van der Waals surface area (Å²) in [6.07, 6.45) is 0.615. The van der Waals surface area contributed by atoms with Crippen LogP contribution in [0.3, 0.4) is 0 Å². The van der Waals surface area contributed by atoms with E-state index in [1.165, 1.54) is 0 Å². The lowest BCUT2D eigenvalue weighted by atomic mass is 9.71. The first-order valence-electron chi connectivity index (χ1n) is 13.8. The fourth-order valence-corrected chi connectivity index (χ4v) is 9.19. The molecule has 7 rings (SSSR count). The highest BCUT2D eigenvalue weighted by Gasteiger charge is 2.60. The van der Waals surface area contributed by atoms with Crippen LogP contribution in [0.4, 0.5) is 0 Å². The van der Waals surface area contributed by atoms with Crippen molar-refractivity contribution in [1.82, 2.24) is 9.80 Å². The molecule has 40 heavy (non-hydrogen) atoms. The zero-order chi connectivity index (χ0) is 28.2. The third-order valence-electron chi connectivity index (χ3n) is 9.81. The molecular weight excluding hydrogens is 530 g/mol. The van der Waals surface area contributed by atoms with Crippen LogP contribution in [-0.4, -0.2) is 70.3 Å². The van der Waals surface area contributed by atoms with Crippen LogP contribution in [0.15, 0.2) is 6.07 Å². The van der Waals surface area contributed by atoms with Gasteiger partial charge in [-0.15, -0.1) is 0 Å². The van der Waals surface area contributed by atoms with Crippen molar-refractivity contribution in [2.45, 2.75) is 69.6 Å². The van der Waals surface area contributed by atoms with Gasteiger partial charge in [-0.2, -0.15) is 17.0 Å². The van der Waals surface area contributed by atoms with Gasteiger partial charge in [0.1, 0.15) is 24.1 Å². The van der Waals surface area contributed by atoms with Crippen LogP contribution in [-0.2, 0) is 16.0 Å². The lowest BCUT2D eigenvalue weighted by Gasteiger charge is -2.61. The summed E-state index contributed by atoms with van der Waals surface area (Å²) in [5, 5.41) is 33.8. The maximum atomic E-state index is 12.9. The van der Waals surface area contributed by atoms with Gasteiger partial charge in [0, 0.05) is 40.1 Å². The number of benzene rings is 2. The van der Waals surface area contributed by atoms with Crippen molar-refractivity contribution in [3.8, 4) is 29.1 Å². The molecule has 5 heterocycles. The number of nitriles is 1. The summed E-state index contributed by atoms with van der Waals surface area (Å²) < 4.78 is 17.7. The molecule has 2 N–H and O–H groups in total. The molecule has 2 saturated heterocycles. The lowest BCUT2D eigenvalue weighted by Crippen LogP contribution is -2.69. The molecule has 0 aliphatic carbocycles. The van der Waals surface area contributed by atoms with Crippen molar-refractivity contribution in [2.75, 3.05) is 26.2 Å². The van der Waals surface area contributed by atoms with Gasteiger partial charge in [-0.25, -0.2) is 0 Å². The number of aryl methyl sites for hydroxylation is 1. The number of nitrogens with zero attached hydrogens (tertiary/aromatic N) is 3. The third-order valence-corrected chi connectivity index (χ3v) is 11.4. The average Bonchev–Trinajstić information content (AvgIpc) is 3.42. The quantitative estimate of drug-likeness (QED) is 0.457. The number of thioether (sulfide) groups is 1. The smallest absolute Gasteiger partial charge is 0.309 e. The zero-order valence-electron chi connectivity index (χ0n) is 23.2. The Balaban J connectivity index is 1.54. The van der Waals surface area contributed by atoms with E-state index in [0.29, 0.717) is 35.0 Å². The maximum Gasteiger partial charge on any atom is 0.309 e. The Morgan fingerprint density at radius 2 is 1.77 bits per heavy atom. The van der Waals surface area contributed by atoms with E-state index in [2.05, 4.69) is 21.9 Å². The van der Waals surface area contributed by atoms with Crippen LogP contribution in [0.25, 0.3) is 0 Å². The van der Waals surface area contributed by atoms with Gasteiger partial charge in [0.25, 0.3) is 0 Å². The molecule has 9 nitrogen and oxygen atoms in total. The number of likely N-dealkylation sites (N-methyl/N-ethyl adjacent to an activating group) is 1. The summed E-state index contributed by atoms with van der Waals surface area (Å²) in [5.74, 6) is 1.37. The minimum absolute atomic E-state index is 0.0233. The van der Waals surface area contributed by atoms with Gasteiger partial charge in [0.15, 0.2) is 11.5 Å². The second-order valence-corrected chi connectivity index (χ2v) is 13.0. The number of rotatable bonds is 0. The SMILES string of the molecule is Cc1cc2c(c(O)c1C)[C@@H]1C3[C@@H]4SCC(C)C(=O)OC[C@H](c5c6c(c(C)c(O)c54)OCO6)N3[C@@H](C#N)[C@@H](C2)N1C. The zero-order valence-corrected chi connectivity index (χ0v) is 24.0. The van der Waals surface area contributed by atoms with Gasteiger partial charge < -0.3 is 24.4 Å². The fourth-order valence-electron chi connectivity index (χ4n) is 7.66. The highest BCUT2D eigenvalue weighted by molar-refractivity contribution is 7.99. The average molecular weight is 564 g/mol. The first kappa shape index (κ1) is 25.8. The summed E-state index contributed by atoms with van der Waals surface area (Å²) in [6, 6.07) is 3.02. The Bertz CT molecular complexity index is 1500. The summed E-state index contributed by atoms with van der Waals surface area (Å²) in [5.41, 5.74) is 5.93. The predicted octanol–water partition coefficient (Wildman–Crippen LogP) is 3.95. The van der Waals surface area contributed by atoms with E-state index >= 15 is 0 Å². The van der Waals surface area contributed by atoms with Gasteiger partial charge in [-0.05, 0) is 50.9 Å². The Morgan fingerprint density at radius 1 is 1.05 bits per heavy atom. The number of phenols is 2. The van der Waals surface area contributed by atoms with Crippen molar-refractivity contribution in [3.05, 3.63) is 45.0 Å². The molecule has 4 bridgehead atoms. The van der Waals surface area contributed by atoms with E-state index in [9.17, 15) is 20.3 Å². The molecule has 10 heteroatoms. The molecule has 2 aromatic carbocycles. The van der Waals surface area contributed by atoms with E-state index in [0.717, 1.165) is 33.4 Å². The van der Waals surface area contributed by atoms with Crippen LogP contribution in [0, 0.1) is 38.0 Å². The molecule has 2 fully saturated rings. The monoisotopic (exact) mass is 563 g/mol. The number of aromatic hydroxyl groups is 2. The molecule has 7 atom stereocenters. The minimum atomic E-state index is -0.536. The summed E-state index contributed by atoms with van der Waals surface area (Å²) >= 11 is 1.60. The van der Waals surface area contributed by atoms with Gasteiger partial charge in [0.2, 0.25) is 6.79 Å². The van der Waals surface area contributed by atoms with Crippen LogP contribution in [0.2, 0.25) is 0 Å². The standard InChI is InChI=1S/C30H33N3O6S/c1-12-6-16-7-17-18(8-31)33-19-9-37-30(36)13(2)10-40-29(24(33)23(32(17)5)20(16)25(34)14(12)3)22-21(19)28-27(38-11-39-28)15(4)26(22)35/h6,13,17-19,23-24,29,34-35H,7,9-11H2,1-5H3/t13?,17-,18+,19-,23-,24?,29-/m1/s1. The highest BCUT2D eigenvalue weighted by Crippen LogP contribution is 2.63. The minimum Gasteiger partial charge on any atom is -0.507 e. The molecule has 2 aromatic rings. The number of piperazine rings is 1. The van der Waals surface area contributed by atoms with Gasteiger partial charge in [0.05, 0.1) is 29.3 Å². The Labute approximate surface area is 237 Å². The summed E-state index contributed by atoms with van der Waals surface area (Å²) in [7, 11) is 2.04. The first-order valence-corrected chi connectivity index (χ1v) is 14.8. The number of ether oxygens (including phenoxy) is 3. The number of carbonyl (C=O) groups excluding carboxylic acids is 1. The first-order chi connectivity index (χ1) is 19.1. The Hall–Kier alpha value is -3.13. The molecule has 0 radical (unpaired) electrons. The fraction of sp³-hybridized carbons (Fsp3) is 0.533. The second-order valence-electron chi connectivity index (χ2n) is 11.8. The number of cyclic esters (lactones) is 1. The number of fused-ring (bicyclic) bond motifs is 9. The molecule has 0 spiro atoms. The lowest BCUT2D eigenvalue weighted by molar-refractivity contribution is -0.153. The normalized spacial score (nSPS) is 32.5. The van der Waals surface area contributed by atoms with E-state index in [-0.39, 0.29) is 54.4 Å². The molecule has 0 amide bonds. The number of hydrogen-bond acceptors (Lipinski definition) is 10. The van der Waals surface area contributed by atoms with Gasteiger partial charge >= 0.3 is 5.97 Å². The number of carbonyl (C=O) groups is 1. The third kappa shape index (κ3) is 3.25. The molecule has 210 valence electrons. The molecule has 0 aromatic heterocycles.